The summed E-state index contributed by atoms with van der Waals surface area (Å²) in [5.41, 5.74) is 12.2. The highest BCUT2D eigenvalue weighted by Gasteiger charge is 2.33. The molecule has 0 saturated heterocycles. The number of aliphatic hydroxyl groups is 1. The Hall–Kier alpha value is -4.69. The van der Waals surface area contributed by atoms with Crippen molar-refractivity contribution in [1.29, 1.82) is 0 Å². The molecule has 0 bridgehead atoms. The standard InChI is InChI=1S/C26H33N5O9/c1-13(32)22(25(38)30-20(26(39)40)12-21(28)35)31-24(37)19(11-15-4-8-17(34)9-5-15)29-23(36)18(27)10-14-2-6-16(33)7-3-14/h2-9,13,18-20,22,32-34H,10-12,27H2,1H3,(H2,28,35)(H,29,36)(H,30,38)(H,31,37)(H,39,40). The Morgan fingerprint density at radius 1 is 0.750 bits per heavy atom. The van der Waals surface area contributed by atoms with Crippen LogP contribution in [0.1, 0.15) is 24.5 Å². The lowest BCUT2D eigenvalue weighted by atomic mass is 10.0. The number of amides is 4. The molecular weight excluding hydrogens is 526 g/mol. The number of aliphatic carboxylic acids is 1. The minimum atomic E-state index is -1.70. The molecule has 14 heteroatoms. The molecule has 5 unspecified atom stereocenters. The van der Waals surface area contributed by atoms with E-state index in [9.17, 15) is 44.4 Å². The summed E-state index contributed by atoms with van der Waals surface area (Å²) in [7, 11) is 0. The van der Waals surface area contributed by atoms with Crippen LogP contribution in [-0.4, -0.2) is 80.3 Å². The predicted octanol–water partition coefficient (Wildman–Crippen LogP) is -1.99. The topological polar surface area (TPSA) is 254 Å². The molecule has 2 aromatic rings. The molecule has 216 valence electrons. The zero-order chi connectivity index (χ0) is 30.0. The van der Waals surface area contributed by atoms with Crippen LogP contribution < -0.4 is 27.4 Å². The maximum atomic E-state index is 13.3. The summed E-state index contributed by atoms with van der Waals surface area (Å²) in [5, 5.41) is 45.3. The Morgan fingerprint density at radius 2 is 1.23 bits per heavy atom. The van der Waals surface area contributed by atoms with E-state index in [-0.39, 0.29) is 24.3 Å². The third kappa shape index (κ3) is 9.89. The number of nitrogens with two attached hydrogens (primary N) is 2. The minimum absolute atomic E-state index is 0.0282. The molecule has 0 aliphatic rings. The molecule has 40 heavy (non-hydrogen) atoms. The molecule has 11 N–H and O–H groups in total. The molecule has 0 aliphatic heterocycles. The minimum Gasteiger partial charge on any atom is -0.508 e. The summed E-state index contributed by atoms with van der Waals surface area (Å²) in [5.74, 6) is -5.25. The number of phenolic OH excluding ortho intramolecular Hbond substituents is 2. The number of carbonyl (C=O) groups is 5. The average molecular weight is 560 g/mol. The predicted molar refractivity (Wildman–Crippen MR) is 141 cm³/mol. The van der Waals surface area contributed by atoms with E-state index in [1.54, 1.807) is 12.1 Å². The molecule has 4 amide bonds. The Labute approximate surface area is 229 Å². The molecule has 0 heterocycles. The van der Waals surface area contributed by atoms with E-state index in [1.807, 2.05) is 0 Å². The van der Waals surface area contributed by atoms with Gasteiger partial charge in [-0.05, 0) is 48.7 Å². The van der Waals surface area contributed by atoms with E-state index in [0.717, 1.165) is 0 Å². The van der Waals surface area contributed by atoms with Crippen LogP contribution in [-0.2, 0) is 36.8 Å². The fourth-order valence-electron chi connectivity index (χ4n) is 3.66. The number of benzene rings is 2. The molecule has 5 atom stereocenters. The Bertz CT molecular complexity index is 1200. The highest BCUT2D eigenvalue weighted by molar-refractivity contribution is 5.95. The normalized spacial score (nSPS) is 14.6. The van der Waals surface area contributed by atoms with Crippen molar-refractivity contribution >= 4 is 29.6 Å². The lowest BCUT2D eigenvalue weighted by Gasteiger charge is -2.26. The number of phenols is 2. The number of primary amides is 1. The largest absolute Gasteiger partial charge is 0.508 e. The fraction of sp³-hybridized carbons (Fsp3) is 0.346. The summed E-state index contributed by atoms with van der Waals surface area (Å²) in [6.07, 6.45) is -2.25. The second-order valence-electron chi connectivity index (χ2n) is 9.21. The van der Waals surface area contributed by atoms with E-state index in [0.29, 0.717) is 11.1 Å². The molecule has 14 nitrogen and oxygen atoms in total. The van der Waals surface area contributed by atoms with Gasteiger partial charge in [-0.2, -0.15) is 0 Å². The molecule has 0 aromatic heterocycles. The molecule has 0 radical (unpaired) electrons. The number of hydrogen-bond donors (Lipinski definition) is 9. The van der Waals surface area contributed by atoms with Gasteiger partial charge in [-0.1, -0.05) is 24.3 Å². The maximum Gasteiger partial charge on any atom is 0.326 e. The van der Waals surface area contributed by atoms with Gasteiger partial charge in [0.1, 0.15) is 29.6 Å². The van der Waals surface area contributed by atoms with Gasteiger partial charge in [-0.3, -0.25) is 19.2 Å². The highest BCUT2D eigenvalue weighted by atomic mass is 16.4. The molecule has 0 aliphatic carbocycles. The van der Waals surface area contributed by atoms with Gasteiger partial charge < -0.3 is 47.8 Å². The second-order valence-corrected chi connectivity index (χ2v) is 9.21. The quantitative estimate of drug-likeness (QED) is 0.123. The number of carboxylic acids is 1. The monoisotopic (exact) mass is 559 g/mol. The molecule has 2 aromatic carbocycles. The van der Waals surface area contributed by atoms with Crippen molar-refractivity contribution in [2.45, 2.75) is 56.5 Å². The number of hydrogen-bond acceptors (Lipinski definition) is 9. The third-order valence-electron chi connectivity index (χ3n) is 5.82. The van der Waals surface area contributed by atoms with E-state index < -0.39 is 66.3 Å². The third-order valence-corrected chi connectivity index (χ3v) is 5.82. The van der Waals surface area contributed by atoms with Gasteiger partial charge >= 0.3 is 5.97 Å². The first-order chi connectivity index (χ1) is 18.8. The van der Waals surface area contributed by atoms with E-state index in [2.05, 4.69) is 16.0 Å². The molecular formula is C26H33N5O9. The van der Waals surface area contributed by atoms with Gasteiger partial charge in [0.05, 0.1) is 18.6 Å². The van der Waals surface area contributed by atoms with Crippen molar-refractivity contribution in [2.24, 2.45) is 11.5 Å². The van der Waals surface area contributed by atoms with Crippen LogP contribution in [0.2, 0.25) is 0 Å². The van der Waals surface area contributed by atoms with Gasteiger partial charge in [-0.25, -0.2) is 4.79 Å². The Kier molecular flexibility index (Phi) is 11.4. The Morgan fingerprint density at radius 3 is 1.68 bits per heavy atom. The first-order valence-electron chi connectivity index (χ1n) is 12.2. The summed E-state index contributed by atoms with van der Waals surface area (Å²) in [6, 6.07) is 6.03. The smallest absolute Gasteiger partial charge is 0.326 e. The van der Waals surface area contributed by atoms with Crippen molar-refractivity contribution in [1.82, 2.24) is 16.0 Å². The van der Waals surface area contributed by atoms with Crippen molar-refractivity contribution in [3.63, 3.8) is 0 Å². The van der Waals surface area contributed by atoms with E-state index in [1.165, 1.54) is 43.3 Å². The summed E-state index contributed by atoms with van der Waals surface area (Å²) >= 11 is 0. The van der Waals surface area contributed by atoms with Crippen LogP contribution >= 0.6 is 0 Å². The number of rotatable bonds is 14. The van der Waals surface area contributed by atoms with Gasteiger partial charge in [0.2, 0.25) is 23.6 Å². The van der Waals surface area contributed by atoms with Crippen molar-refractivity contribution < 1.29 is 44.4 Å². The number of carboxylic acid groups (broad SMARTS) is 1. The first-order valence-corrected chi connectivity index (χ1v) is 12.2. The van der Waals surface area contributed by atoms with Crippen LogP contribution in [0, 0.1) is 0 Å². The zero-order valence-electron chi connectivity index (χ0n) is 21.6. The number of aromatic hydroxyl groups is 2. The number of aliphatic hydroxyl groups excluding tert-OH is 1. The molecule has 0 fully saturated rings. The van der Waals surface area contributed by atoms with Crippen LogP contribution in [0.5, 0.6) is 11.5 Å². The van der Waals surface area contributed by atoms with Gasteiger partial charge in [0.15, 0.2) is 0 Å². The van der Waals surface area contributed by atoms with Gasteiger partial charge in [0.25, 0.3) is 0 Å². The molecule has 2 rings (SSSR count). The van der Waals surface area contributed by atoms with E-state index in [4.69, 9.17) is 11.5 Å². The lowest BCUT2D eigenvalue weighted by molar-refractivity contribution is -0.144. The van der Waals surface area contributed by atoms with Gasteiger partial charge in [0, 0.05) is 6.42 Å². The van der Waals surface area contributed by atoms with Crippen LogP contribution in [0.3, 0.4) is 0 Å². The highest BCUT2D eigenvalue weighted by Crippen LogP contribution is 2.13. The first kappa shape index (κ1) is 31.5. The van der Waals surface area contributed by atoms with Crippen LogP contribution in [0.25, 0.3) is 0 Å². The zero-order valence-corrected chi connectivity index (χ0v) is 21.6. The van der Waals surface area contributed by atoms with Crippen molar-refractivity contribution in [2.75, 3.05) is 0 Å². The lowest BCUT2D eigenvalue weighted by Crippen LogP contribution is -2.60. The number of nitrogens with one attached hydrogen (secondary N) is 3. The van der Waals surface area contributed by atoms with Crippen LogP contribution in [0.15, 0.2) is 48.5 Å². The summed E-state index contributed by atoms with van der Waals surface area (Å²) in [6.45, 7) is 1.18. The van der Waals surface area contributed by atoms with Gasteiger partial charge in [-0.15, -0.1) is 0 Å². The molecule has 0 spiro atoms. The molecule has 0 saturated carbocycles. The van der Waals surface area contributed by atoms with Crippen molar-refractivity contribution in [3.05, 3.63) is 59.7 Å². The summed E-state index contributed by atoms with van der Waals surface area (Å²) in [4.78, 5) is 61.5. The second kappa shape index (κ2) is 14.5. The average Bonchev–Trinajstić information content (AvgIpc) is 2.88. The van der Waals surface area contributed by atoms with Crippen molar-refractivity contribution in [3.8, 4) is 11.5 Å². The fourth-order valence-corrected chi connectivity index (χ4v) is 3.66. The van der Waals surface area contributed by atoms with E-state index >= 15 is 0 Å². The number of carbonyl (C=O) groups excluding carboxylic acids is 4. The van der Waals surface area contributed by atoms with Crippen LogP contribution in [0.4, 0.5) is 0 Å². The Balaban J connectivity index is 2.22. The maximum absolute atomic E-state index is 13.3. The summed E-state index contributed by atoms with van der Waals surface area (Å²) < 4.78 is 0. The SMILES string of the molecule is CC(O)C(NC(=O)C(Cc1ccc(O)cc1)NC(=O)C(N)Cc1ccc(O)cc1)C(=O)NC(CC(N)=O)C(=O)O.